The monoisotopic (exact) mass is 257 g/mol. The van der Waals surface area contributed by atoms with E-state index in [4.69, 9.17) is 11.3 Å². The highest BCUT2D eigenvalue weighted by Crippen LogP contribution is 2.35. The van der Waals surface area contributed by atoms with E-state index in [2.05, 4.69) is 4.85 Å². The molecule has 0 N–H and O–H groups in total. The second-order valence-corrected chi connectivity index (χ2v) is 4.60. The van der Waals surface area contributed by atoms with Crippen LogP contribution in [0.25, 0.3) is 15.3 Å². The molecule has 1 aromatic carbocycles. The molecule has 0 radical (unpaired) electrons. The SMILES string of the molecule is [C-]#[N+]c1ccccc1-c1ccc(C(=O)OCC)s1. The predicted octanol–water partition coefficient (Wildman–Crippen LogP) is 4.14. The van der Waals surface area contributed by atoms with Gasteiger partial charge in [-0.25, -0.2) is 9.64 Å². The summed E-state index contributed by atoms with van der Waals surface area (Å²) < 4.78 is 4.94. The van der Waals surface area contributed by atoms with E-state index in [9.17, 15) is 4.79 Å². The molecule has 3 nitrogen and oxygen atoms in total. The maximum absolute atomic E-state index is 11.6. The first-order valence-corrected chi connectivity index (χ1v) is 6.31. The number of rotatable bonds is 3. The molecule has 2 rings (SSSR count). The third kappa shape index (κ3) is 2.41. The molecule has 1 heterocycles. The molecule has 0 unspecified atom stereocenters. The van der Waals surface area contributed by atoms with Crippen molar-refractivity contribution in [2.45, 2.75) is 6.92 Å². The van der Waals surface area contributed by atoms with Gasteiger partial charge in [-0.05, 0) is 24.6 Å². The fourth-order valence-corrected chi connectivity index (χ4v) is 2.51. The van der Waals surface area contributed by atoms with Gasteiger partial charge in [0.25, 0.3) is 0 Å². The minimum Gasteiger partial charge on any atom is -0.462 e. The smallest absolute Gasteiger partial charge is 0.348 e. The van der Waals surface area contributed by atoms with E-state index >= 15 is 0 Å². The van der Waals surface area contributed by atoms with Gasteiger partial charge in [0.2, 0.25) is 0 Å². The summed E-state index contributed by atoms with van der Waals surface area (Å²) in [5.74, 6) is -0.311. The Kier molecular flexibility index (Phi) is 3.75. The number of thiophene rings is 1. The van der Waals surface area contributed by atoms with Gasteiger partial charge in [0.1, 0.15) is 4.88 Å². The van der Waals surface area contributed by atoms with Crippen molar-refractivity contribution in [3.05, 3.63) is 52.7 Å². The van der Waals surface area contributed by atoms with Crippen molar-refractivity contribution < 1.29 is 9.53 Å². The van der Waals surface area contributed by atoms with Crippen molar-refractivity contribution in [1.82, 2.24) is 0 Å². The largest absolute Gasteiger partial charge is 0.462 e. The maximum atomic E-state index is 11.6. The summed E-state index contributed by atoms with van der Waals surface area (Å²) in [5.41, 5.74) is 1.45. The molecular weight excluding hydrogens is 246 g/mol. The lowest BCUT2D eigenvalue weighted by Gasteiger charge is -2.00. The molecule has 90 valence electrons. The van der Waals surface area contributed by atoms with Crippen molar-refractivity contribution in [3.8, 4) is 10.4 Å². The van der Waals surface area contributed by atoms with Crippen LogP contribution >= 0.6 is 11.3 Å². The Morgan fingerprint density at radius 3 is 2.83 bits per heavy atom. The third-order valence-electron chi connectivity index (χ3n) is 2.37. The van der Waals surface area contributed by atoms with Crippen LogP contribution in [0.15, 0.2) is 36.4 Å². The van der Waals surface area contributed by atoms with Gasteiger partial charge in [-0.1, -0.05) is 24.3 Å². The Labute approximate surface area is 109 Å². The van der Waals surface area contributed by atoms with Crippen molar-refractivity contribution >= 4 is 23.0 Å². The number of hydrogen-bond donors (Lipinski definition) is 0. The minimum absolute atomic E-state index is 0.311. The molecule has 18 heavy (non-hydrogen) atoms. The number of carbonyl (C=O) groups is 1. The number of benzene rings is 1. The van der Waals surface area contributed by atoms with E-state index in [0.717, 1.165) is 10.4 Å². The van der Waals surface area contributed by atoms with E-state index < -0.39 is 0 Å². The lowest BCUT2D eigenvalue weighted by atomic mass is 10.1. The van der Waals surface area contributed by atoms with Crippen molar-refractivity contribution in [1.29, 1.82) is 0 Å². The summed E-state index contributed by atoms with van der Waals surface area (Å²) >= 11 is 1.35. The Hall–Kier alpha value is -2.12. The first kappa shape index (κ1) is 12.3. The molecule has 0 amide bonds. The number of esters is 1. The van der Waals surface area contributed by atoms with Gasteiger partial charge in [-0.15, -0.1) is 11.3 Å². The van der Waals surface area contributed by atoms with Gasteiger partial charge in [-0.3, -0.25) is 0 Å². The van der Waals surface area contributed by atoms with Crippen molar-refractivity contribution in [3.63, 3.8) is 0 Å². The minimum atomic E-state index is -0.311. The van der Waals surface area contributed by atoms with Gasteiger partial charge in [0, 0.05) is 4.88 Å². The summed E-state index contributed by atoms with van der Waals surface area (Å²) in [4.78, 5) is 16.5. The lowest BCUT2D eigenvalue weighted by Crippen LogP contribution is -2.01. The highest BCUT2D eigenvalue weighted by atomic mass is 32.1. The molecule has 0 fully saturated rings. The molecule has 0 aliphatic heterocycles. The van der Waals surface area contributed by atoms with Crippen LogP contribution in [0.2, 0.25) is 0 Å². The van der Waals surface area contributed by atoms with Gasteiger partial charge < -0.3 is 4.74 Å². The van der Waals surface area contributed by atoms with Crippen LogP contribution in [-0.4, -0.2) is 12.6 Å². The lowest BCUT2D eigenvalue weighted by molar-refractivity contribution is 0.0532. The maximum Gasteiger partial charge on any atom is 0.348 e. The highest BCUT2D eigenvalue weighted by molar-refractivity contribution is 7.17. The third-order valence-corrected chi connectivity index (χ3v) is 3.47. The van der Waals surface area contributed by atoms with Crippen LogP contribution in [0.4, 0.5) is 5.69 Å². The second-order valence-electron chi connectivity index (χ2n) is 3.51. The van der Waals surface area contributed by atoms with Crippen molar-refractivity contribution in [2.24, 2.45) is 0 Å². The summed E-state index contributed by atoms with van der Waals surface area (Å²) in [6.07, 6.45) is 0. The van der Waals surface area contributed by atoms with Crippen LogP contribution in [0.3, 0.4) is 0 Å². The Balaban J connectivity index is 2.36. The standard InChI is InChI=1S/C14H11NO2S/c1-3-17-14(16)13-9-8-12(18-13)10-6-4-5-7-11(10)15-2/h4-9H,3H2,1H3. The number of nitrogens with zero attached hydrogens (tertiary/aromatic N) is 1. The number of hydrogen-bond acceptors (Lipinski definition) is 3. The normalized spacial score (nSPS) is 9.78. The molecule has 0 aliphatic rings. The molecule has 0 saturated carbocycles. The van der Waals surface area contributed by atoms with Crippen LogP contribution in [0.1, 0.15) is 16.6 Å². The number of para-hydroxylation sites is 1. The van der Waals surface area contributed by atoms with Gasteiger partial charge >= 0.3 is 5.97 Å². The molecular formula is C14H11NO2S. The van der Waals surface area contributed by atoms with E-state index in [1.807, 2.05) is 24.3 Å². The zero-order valence-corrected chi connectivity index (χ0v) is 10.7. The summed E-state index contributed by atoms with van der Waals surface area (Å²) in [6.45, 7) is 9.27. The van der Waals surface area contributed by atoms with Crippen LogP contribution in [-0.2, 0) is 4.74 Å². The summed E-state index contributed by atoms with van der Waals surface area (Å²) in [5, 5.41) is 0. The van der Waals surface area contributed by atoms with E-state index in [1.54, 1.807) is 19.1 Å². The zero-order valence-electron chi connectivity index (χ0n) is 9.84. The van der Waals surface area contributed by atoms with E-state index in [-0.39, 0.29) is 5.97 Å². The molecule has 0 spiro atoms. The number of ether oxygens (including phenoxy) is 1. The molecule has 0 aliphatic carbocycles. The fraction of sp³-hybridized carbons (Fsp3) is 0.143. The van der Waals surface area contributed by atoms with Gasteiger partial charge in [-0.2, -0.15) is 0 Å². The molecule has 2 aromatic rings. The first-order valence-electron chi connectivity index (χ1n) is 5.50. The summed E-state index contributed by atoms with van der Waals surface area (Å²) in [7, 11) is 0. The van der Waals surface area contributed by atoms with E-state index in [1.165, 1.54) is 11.3 Å². The number of carbonyl (C=O) groups excluding carboxylic acids is 1. The predicted molar refractivity (Wildman–Crippen MR) is 72.0 cm³/mol. The Morgan fingerprint density at radius 1 is 1.33 bits per heavy atom. The Bertz CT molecular complexity index is 610. The van der Waals surface area contributed by atoms with Gasteiger partial charge in [0.15, 0.2) is 5.69 Å². The van der Waals surface area contributed by atoms with Crippen LogP contribution in [0.5, 0.6) is 0 Å². The van der Waals surface area contributed by atoms with Gasteiger partial charge in [0.05, 0.1) is 13.2 Å². The zero-order chi connectivity index (χ0) is 13.0. The fourth-order valence-electron chi connectivity index (χ4n) is 1.57. The first-order chi connectivity index (χ1) is 8.76. The highest BCUT2D eigenvalue weighted by Gasteiger charge is 2.12. The van der Waals surface area contributed by atoms with E-state index in [0.29, 0.717) is 17.2 Å². The molecule has 4 heteroatoms. The molecule has 0 atom stereocenters. The average Bonchev–Trinajstić information content (AvgIpc) is 2.88. The van der Waals surface area contributed by atoms with Crippen LogP contribution in [0, 0.1) is 6.57 Å². The Morgan fingerprint density at radius 2 is 2.11 bits per heavy atom. The quantitative estimate of drug-likeness (QED) is 0.611. The average molecular weight is 257 g/mol. The molecule has 0 saturated heterocycles. The topological polar surface area (TPSA) is 30.7 Å². The molecule has 1 aromatic heterocycles. The van der Waals surface area contributed by atoms with Crippen LogP contribution < -0.4 is 0 Å². The second kappa shape index (κ2) is 5.48. The van der Waals surface area contributed by atoms with Crippen molar-refractivity contribution in [2.75, 3.05) is 6.61 Å². The summed E-state index contributed by atoms with van der Waals surface area (Å²) in [6, 6.07) is 10.9. The molecule has 0 bridgehead atoms.